The highest BCUT2D eigenvalue weighted by Gasteiger charge is 2.08. The van der Waals surface area contributed by atoms with Gasteiger partial charge in [0.05, 0.1) is 7.11 Å². The highest BCUT2D eigenvalue weighted by Crippen LogP contribution is 2.15. The lowest BCUT2D eigenvalue weighted by molar-refractivity contribution is 0.414. The third-order valence-electron chi connectivity index (χ3n) is 3.98. The highest BCUT2D eigenvalue weighted by molar-refractivity contribution is 5.27. The van der Waals surface area contributed by atoms with Crippen LogP contribution in [0.4, 0.5) is 0 Å². The van der Waals surface area contributed by atoms with E-state index >= 15 is 0 Å². The Hall–Kier alpha value is -1.02. The summed E-state index contributed by atoms with van der Waals surface area (Å²) in [4.78, 5) is 0. The van der Waals surface area contributed by atoms with Crippen molar-refractivity contribution in [3.05, 3.63) is 29.8 Å². The third-order valence-corrected chi connectivity index (χ3v) is 3.98. The normalized spacial score (nSPS) is 12.3. The van der Waals surface area contributed by atoms with Gasteiger partial charge in [0.25, 0.3) is 0 Å². The molecule has 1 rings (SSSR count). The first-order valence-electron chi connectivity index (χ1n) is 8.66. The lowest BCUT2D eigenvalue weighted by Crippen LogP contribution is -2.31. The van der Waals surface area contributed by atoms with Crippen LogP contribution < -0.4 is 10.1 Å². The number of hydrogen-bond acceptors (Lipinski definition) is 2. The van der Waals surface area contributed by atoms with E-state index in [1.807, 2.05) is 0 Å². The van der Waals surface area contributed by atoms with E-state index in [9.17, 15) is 0 Å². The topological polar surface area (TPSA) is 21.3 Å². The number of benzene rings is 1. The molecule has 0 fully saturated rings. The molecule has 0 aliphatic rings. The Kier molecular flexibility index (Phi) is 9.98. The lowest BCUT2D eigenvalue weighted by Gasteiger charge is -2.19. The van der Waals surface area contributed by atoms with Crippen LogP contribution in [-0.2, 0) is 6.42 Å². The van der Waals surface area contributed by atoms with E-state index in [1.54, 1.807) is 7.11 Å². The van der Waals surface area contributed by atoms with E-state index < -0.39 is 0 Å². The minimum Gasteiger partial charge on any atom is -0.497 e. The predicted octanol–water partition coefficient (Wildman–Crippen LogP) is 4.97. The number of methoxy groups -OCH3 is 1. The van der Waals surface area contributed by atoms with Crippen molar-refractivity contribution in [3.8, 4) is 5.75 Å². The highest BCUT2D eigenvalue weighted by atomic mass is 16.5. The quantitative estimate of drug-likeness (QED) is 0.549. The van der Waals surface area contributed by atoms with Gasteiger partial charge in [-0.25, -0.2) is 0 Å². The molecule has 1 atom stereocenters. The number of rotatable bonds is 12. The van der Waals surface area contributed by atoms with E-state index in [-0.39, 0.29) is 0 Å². The summed E-state index contributed by atoms with van der Waals surface area (Å²) in [5.41, 5.74) is 1.40. The van der Waals surface area contributed by atoms with E-state index in [0.717, 1.165) is 18.7 Å². The molecule has 1 aromatic carbocycles. The van der Waals surface area contributed by atoms with Gasteiger partial charge < -0.3 is 10.1 Å². The van der Waals surface area contributed by atoms with Crippen LogP contribution in [0, 0.1) is 0 Å². The minimum absolute atomic E-state index is 0.611. The molecule has 0 bridgehead atoms. The fourth-order valence-corrected chi connectivity index (χ4v) is 2.67. The predicted molar refractivity (Wildman–Crippen MR) is 92.2 cm³/mol. The molecule has 0 aliphatic carbocycles. The standard InChI is InChI=1S/C19H33NO/c1-4-6-7-8-9-10-18(20-15-5-2)16-17-11-13-19(21-3)14-12-17/h11-14,18,20H,4-10,15-16H2,1-3H3. The van der Waals surface area contributed by atoms with Gasteiger partial charge in [-0.2, -0.15) is 0 Å². The van der Waals surface area contributed by atoms with Crippen LogP contribution in [-0.4, -0.2) is 19.7 Å². The summed E-state index contributed by atoms with van der Waals surface area (Å²) in [6, 6.07) is 9.12. The monoisotopic (exact) mass is 291 g/mol. The van der Waals surface area contributed by atoms with E-state index in [4.69, 9.17) is 4.74 Å². The smallest absolute Gasteiger partial charge is 0.118 e. The van der Waals surface area contributed by atoms with Crippen molar-refractivity contribution in [2.45, 2.75) is 71.3 Å². The second-order valence-electron chi connectivity index (χ2n) is 5.91. The average Bonchev–Trinajstić information content (AvgIpc) is 2.52. The molecule has 2 nitrogen and oxygen atoms in total. The van der Waals surface area contributed by atoms with Crippen molar-refractivity contribution in [2.24, 2.45) is 0 Å². The Morgan fingerprint density at radius 3 is 2.29 bits per heavy atom. The molecule has 1 aromatic rings. The maximum Gasteiger partial charge on any atom is 0.118 e. The maximum absolute atomic E-state index is 5.23. The fourth-order valence-electron chi connectivity index (χ4n) is 2.67. The summed E-state index contributed by atoms with van der Waals surface area (Å²) in [6.07, 6.45) is 10.4. The molecule has 0 amide bonds. The zero-order valence-corrected chi connectivity index (χ0v) is 14.2. The molecule has 2 heteroatoms. The van der Waals surface area contributed by atoms with Gasteiger partial charge in [0.2, 0.25) is 0 Å². The lowest BCUT2D eigenvalue weighted by atomic mass is 9.99. The van der Waals surface area contributed by atoms with Crippen LogP contribution >= 0.6 is 0 Å². The molecular weight excluding hydrogens is 258 g/mol. The summed E-state index contributed by atoms with van der Waals surface area (Å²) in [6.45, 7) is 5.63. The van der Waals surface area contributed by atoms with Crippen LogP contribution in [0.15, 0.2) is 24.3 Å². The second kappa shape index (κ2) is 11.6. The first kappa shape index (κ1) is 18.0. The Labute approximate surface area is 131 Å². The average molecular weight is 291 g/mol. The van der Waals surface area contributed by atoms with Crippen molar-refractivity contribution in [3.63, 3.8) is 0 Å². The van der Waals surface area contributed by atoms with Gasteiger partial charge in [-0.05, 0) is 43.5 Å². The fraction of sp³-hybridized carbons (Fsp3) is 0.684. The van der Waals surface area contributed by atoms with Gasteiger partial charge in [-0.15, -0.1) is 0 Å². The molecule has 0 saturated heterocycles. The van der Waals surface area contributed by atoms with Gasteiger partial charge in [-0.3, -0.25) is 0 Å². The number of nitrogens with one attached hydrogen (secondary N) is 1. The third kappa shape index (κ3) is 8.11. The summed E-state index contributed by atoms with van der Waals surface area (Å²) < 4.78 is 5.23. The van der Waals surface area contributed by atoms with Crippen molar-refractivity contribution in [1.29, 1.82) is 0 Å². The molecule has 21 heavy (non-hydrogen) atoms. The first-order chi connectivity index (χ1) is 10.3. The Balaban J connectivity index is 2.40. The molecule has 0 radical (unpaired) electrons. The van der Waals surface area contributed by atoms with Gasteiger partial charge in [-0.1, -0.05) is 58.1 Å². The summed E-state index contributed by atoms with van der Waals surface area (Å²) in [5, 5.41) is 3.71. The van der Waals surface area contributed by atoms with Crippen molar-refractivity contribution in [2.75, 3.05) is 13.7 Å². The molecule has 0 aromatic heterocycles. The molecule has 0 heterocycles. The van der Waals surface area contributed by atoms with Crippen molar-refractivity contribution >= 4 is 0 Å². The van der Waals surface area contributed by atoms with Crippen LogP contribution in [0.25, 0.3) is 0 Å². The molecule has 0 saturated carbocycles. The van der Waals surface area contributed by atoms with Gasteiger partial charge in [0.1, 0.15) is 5.75 Å². The van der Waals surface area contributed by atoms with Crippen LogP contribution in [0.1, 0.15) is 64.4 Å². The molecule has 1 N–H and O–H groups in total. The molecule has 0 spiro atoms. The minimum atomic E-state index is 0.611. The van der Waals surface area contributed by atoms with Crippen molar-refractivity contribution in [1.82, 2.24) is 5.32 Å². The largest absolute Gasteiger partial charge is 0.497 e. The first-order valence-corrected chi connectivity index (χ1v) is 8.66. The molecule has 120 valence electrons. The van der Waals surface area contributed by atoms with E-state index in [2.05, 4.69) is 43.4 Å². The van der Waals surface area contributed by atoms with E-state index in [1.165, 1.54) is 50.5 Å². The Morgan fingerprint density at radius 2 is 1.67 bits per heavy atom. The number of unbranched alkanes of at least 4 members (excludes halogenated alkanes) is 4. The molecule has 1 unspecified atom stereocenters. The Morgan fingerprint density at radius 1 is 0.952 bits per heavy atom. The maximum atomic E-state index is 5.23. The van der Waals surface area contributed by atoms with Gasteiger partial charge in [0.15, 0.2) is 0 Å². The summed E-state index contributed by atoms with van der Waals surface area (Å²) in [7, 11) is 1.72. The summed E-state index contributed by atoms with van der Waals surface area (Å²) in [5.74, 6) is 0.941. The van der Waals surface area contributed by atoms with Crippen LogP contribution in [0.5, 0.6) is 5.75 Å². The van der Waals surface area contributed by atoms with Gasteiger partial charge >= 0.3 is 0 Å². The molecular formula is C19H33NO. The zero-order valence-electron chi connectivity index (χ0n) is 14.2. The molecule has 0 aliphatic heterocycles. The summed E-state index contributed by atoms with van der Waals surface area (Å²) >= 11 is 0. The SMILES string of the molecule is CCCCCCCC(Cc1ccc(OC)cc1)NCCC. The Bertz CT molecular complexity index is 347. The zero-order chi connectivity index (χ0) is 15.3. The number of ether oxygens (including phenoxy) is 1. The van der Waals surface area contributed by atoms with Crippen LogP contribution in [0.3, 0.4) is 0 Å². The second-order valence-corrected chi connectivity index (χ2v) is 5.91. The van der Waals surface area contributed by atoms with Crippen molar-refractivity contribution < 1.29 is 4.74 Å². The van der Waals surface area contributed by atoms with Crippen LogP contribution in [0.2, 0.25) is 0 Å². The van der Waals surface area contributed by atoms with E-state index in [0.29, 0.717) is 6.04 Å². The van der Waals surface area contributed by atoms with Gasteiger partial charge in [0, 0.05) is 6.04 Å². The number of hydrogen-bond donors (Lipinski definition) is 1.